The molecule has 3 rings (SSSR count). The van der Waals surface area contributed by atoms with E-state index >= 15 is 0 Å². The third-order valence-corrected chi connectivity index (χ3v) is 7.14. The van der Waals surface area contributed by atoms with Crippen LogP contribution < -0.4 is 5.32 Å². The van der Waals surface area contributed by atoms with Gasteiger partial charge in [-0.05, 0) is 55.5 Å². The van der Waals surface area contributed by atoms with Crippen LogP contribution in [0.5, 0.6) is 0 Å². The number of likely N-dealkylation sites (tertiary alicyclic amines) is 1. The Hall–Kier alpha value is -1.40. The van der Waals surface area contributed by atoms with Gasteiger partial charge in [0.2, 0.25) is 5.91 Å². The van der Waals surface area contributed by atoms with Gasteiger partial charge < -0.3 is 10.2 Å². The van der Waals surface area contributed by atoms with Crippen molar-refractivity contribution >= 4 is 15.7 Å². The molecule has 1 aromatic carbocycles. The van der Waals surface area contributed by atoms with Crippen LogP contribution in [-0.2, 0) is 21.1 Å². The van der Waals surface area contributed by atoms with Gasteiger partial charge in [0.1, 0.15) is 0 Å². The number of benzene rings is 1. The molecule has 0 aliphatic carbocycles. The van der Waals surface area contributed by atoms with E-state index in [1.807, 2.05) is 4.90 Å². The Bertz CT molecular complexity index is 671. The Labute approximate surface area is 144 Å². The molecule has 2 heterocycles. The number of hydrogen-bond acceptors (Lipinski definition) is 4. The lowest BCUT2D eigenvalue weighted by atomic mass is 9.92. The first-order valence-electron chi connectivity index (χ1n) is 8.80. The van der Waals surface area contributed by atoms with E-state index in [9.17, 15) is 13.2 Å². The predicted molar refractivity (Wildman–Crippen MR) is 93.5 cm³/mol. The highest BCUT2D eigenvalue weighted by atomic mass is 32.2. The summed E-state index contributed by atoms with van der Waals surface area (Å²) < 4.78 is 23.7. The van der Waals surface area contributed by atoms with Crippen LogP contribution in [0, 0.1) is 11.8 Å². The number of hydrogen-bond donors (Lipinski definition) is 1. The fourth-order valence-electron chi connectivity index (χ4n) is 3.74. The van der Waals surface area contributed by atoms with Crippen LogP contribution >= 0.6 is 0 Å². The molecule has 24 heavy (non-hydrogen) atoms. The van der Waals surface area contributed by atoms with Gasteiger partial charge in [0, 0.05) is 13.1 Å². The zero-order valence-electron chi connectivity index (χ0n) is 14.2. The second-order valence-electron chi connectivity index (χ2n) is 6.86. The molecule has 0 unspecified atom stereocenters. The lowest BCUT2D eigenvalue weighted by molar-refractivity contribution is -0.130. The summed E-state index contributed by atoms with van der Waals surface area (Å²) in [6, 6.07) is 6.74. The average Bonchev–Trinajstić information content (AvgIpc) is 2.93. The van der Waals surface area contributed by atoms with E-state index in [2.05, 4.69) is 5.32 Å². The second-order valence-corrected chi connectivity index (χ2v) is 9.14. The molecule has 5 nitrogen and oxygen atoms in total. The Morgan fingerprint density at radius 2 is 1.71 bits per heavy atom. The van der Waals surface area contributed by atoms with Crippen LogP contribution in [0.25, 0.3) is 0 Å². The molecule has 0 spiro atoms. The molecule has 0 saturated carbocycles. The van der Waals surface area contributed by atoms with Crippen molar-refractivity contribution in [3.63, 3.8) is 0 Å². The normalized spacial score (nSPS) is 24.5. The molecule has 1 N–H and O–H groups in total. The SMILES string of the molecule is CCS(=O)(=O)c1ccc(CC(=O)N2CC[C@@H]3CNC[C@@H]3CC2)cc1. The highest BCUT2D eigenvalue weighted by molar-refractivity contribution is 7.91. The highest BCUT2D eigenvalue weighted by Gasteiger charge is 2.31. The average molecular weight is 350 g/mol. The van der Waals surface area contributed by atoms with E-state index in [0.717, 1.165) is 44.6 Å². The van der Waals surface area contributed by atoms with Gasteiger partial charge in [-0.3, -0.25) is 4.79 Å². The number of rotatable bonds is 4. The van der Waals surface area contributed by atoms with Crippen molar-refractivity contribution in [3.8, 4) is 0 Å². The van der Waals surface area contributed by atoms with Gasteiger partial charge in [0.15, 0.2) is 9.84 Å². The van der Waals surface area contributed by atoms with Crippen molar-refractivity contribution in [2.45, 2.75) is 31.1 Å². The van der Waals surface area contributed by atoms with E-state index in [1.165, 1.54) is 0 Å². The Morgan fingerprint density at radius 1 is 1.12 bits per heavy atom. The van der Waals surface area contributed by atoms with Gasteiger partial charge in [-0.25, -0.2) is 8.42 Å². The maximum Gasteiger partial charge on any atom is 0.226 e. The largest absolute Gasteiger partial charge is 0.342 e. The van der Waals surface area contributed by atoms with Crippen LogP contribution in [0.4, 0.5) is 0 Å². The summed E-state index contributed by atoms with van der Waals surface area (Å²) in [5.74, 6) is 1.66. The number of fused-ring (bicyclic) bond motifs is 1. The first-order valence-corrected chi connectivity index (χ1v) is 10.4. The van der Waals surface area contributed by atoms with Gasteiger partial charge in [-0.1, -0.05) is 19.1 Å². The van der Waals surface area contributed by atoms with E-state index < -0.39 is 9.84 Å². The molecular weight excluding hydrogens is 324 g/mol. The first kappa shape index (κ1) is 17.4. The maximum absolute atomic E-state index is 12.6. The molecule has 2 atom stereocenters. The number of carbonyl (C=O) groups excluding carboxylic acids is 1. The number of sulfone groups is 1. The topological polar surface area (TPSA) is 66.5 Å². The van der Waals surface area contributed by atoms with Crippen molar-refractivity contribution in [1.82, 2.24) is 10.2 Å². The van der Waals surface area contributed by atoms with Crippen molar-refractivity contribution < 1.29 is 13.2 Å². The second kappa shape index (κ2) is 7.23. The van der Waals surface area contributed by atoms with Crippen molar-refractivity contribution in [2.75, 3.05) is 31.9 Å². The van der Waals surface area contributed by atoms with E-state index in [-0.39, 0.29) is 11.7 Å². The molecule has 0 radical (unpaired) electrons. The van der Waals surface area contributed by atoms with Crippen molar-refractivity contribution in [3.05, 3.63) is 29.8 Å². The van der Waals surface area contributed by atoms with Crippen LogP contribution in [0.2, 0.25) is 0 Å². The van der Waals surface area contributed by atoms with E-state index in [1.54, 1.807) is 31.2 Å². The molecule has 2 aliphatic heterocycles. The minimum absolute atomic E-state index is 0.0935. The van der Waals surface area contributed by atoms with Crippen molar-refractivity contribution in [2.24, 2.45) is 11.8 Å². The third-order valence-electron chi connectivity index (χ3n) is 5.39. The summed E-state index contributed by atoms with van der Waals surface area (Å²) in [6.45, 7) is 5.48. The summed E-state index contributed by atoms with van der Waals surface area (Å²) in [5.41, 5.74) is 0.876. The van der Waals surface area contributed by atoms with Crippen molar-refractivity contribution in [1.29, 1.82) is 0 Å². The van der Waals surface area contributed by atoms with Gasteiger partial charge in [-0.15, -0.1) is 0 Å². The summed E-state index contributed by atoms with van der Waals surface area (Å²) in [5, 5.41) is 3.45. The quantitative estimate of drug-likeness (QED) is 0.893. The number of amides is 1. The summed E-state index contributed by atoms with van der Waals surface area (Å²) in [6.07, 6.45) is 2.51. The van der Waals surface area contributed by atoms with Gasteiger partial charge >= 0.3 is 0 Å². The highest BCUT2D eigenvalue weighted by Crippen LogP contribution is 2.27. The summed E-state index contributed by atoms with van der Waals surface area (Å²) in [4.78, 5) is 14.9. The van der Waals surface area contributed by atoms with Crippen LogP contribution in [0.1, 0.15) is 25.3 Å². The Balaban J connectivity index is 1.60. The lowest BCUT2D eigenvalue weighted by Crippen LogP contribution is -2.33. The van der Waals surface area contributed by atoms with Crippen LogP contribution in [0.15, 0.2) is 29.2 Å². The molecular formula is C18H26N2O3S. The molecule has 2 saturated heterocycles. The monoisotopic (exact) mass is 350 g/mol. The maximum atomic E-state index is 12.6. The standard InChI is InChI=1S/C18H26N2O3S/c1-2-24(22,23)17-5-3-14(4-6-17)11-18(21)20-9-7-15-12-19-13-16(15)8-10-20/h3-6,15-16,19H,2,7-13H2,1H3/t15-,16+. The molecule has 1 aromatic rings. The molecule has 1 amide bonds. The van der Waals surface area contributed by atoms with Gasteiger partial charge in [0.25, 0.3) is 0 Å². The Morgan fingerprint density at radius 3 is 2.25 bits per heavy atom. The van der Waals surface area contributed by atoms with E-state index in [4.69, 9.17) is 0 Å². The minimum Gasteiger partial charge on any atom is -0.342 e. The lowest BCUT2D eigenvalue weighted by Gasteiger charge is -2.21. The fourth-order valence-corrected chi connectivity index (χ4v) is 4.62. The third kappa shape index (κ3) is 3.81. The number of carbonyl (C=O) groups is 1. The van der Waals surface area contributed by atoms with Crippen LogP contribution in [-0.4, -0.2) is 51.2 Å². The zero-order valence-corrected chi connectivity index (χ0v) is 15.0. The smallest absolute Gasteiger partial charge is 0.226 e. The van der Waals surface area contributed by atoms with Gasteiger partial charge in [0.05, 0.1) is 17.1 Å². The summed E-state index contributed by atoms with van der Waals surface area (Å²) in [7, 11) is -3.18. The molecule has 0 bridgehead atoms. The van der Waals surface area contributed by atoms with Crippen LogP contribution in [0.3, 0.4) is 0 Å². The molecule has 2 aliphatic rings. The fraction of sp³-hybridized carbons (Fsp3) is 0.611. The molecule has 132 valence electrons. The molecule has 0 aromatic heterocycles. The van der Waals surface area contributed by atoms with E-state index in [0.29, 0.717) is 23.2 Å². The summed E-state index contributed by atoms with van der Waals surface area (Å²) >= 11 is 0. The zero-order chi connectivity index (χ0) is 17.2. The minimum atomic E-state index is -3.18. The van der Waals surface area contributed by atoms with Gasteiger partial charge in [-0.2, -0.15) is 0 Å². The molecule has 2 fully saturated rings. The molecule has 6 heteroatoms. The predicted octanol–water partition coefficient (Wildman–Crippen LogP) is 1.48. The Kier molecular flexibility index (Phi) is 5.25. The number of nitrogens with one attached hydrogen (secondary N) is 1. The number of nitrogens with zero attached hydrogens (tertiary/aromatic N) is 1. The first-order chi connectivity index (χ1) is 11.5.